The van der Waals surface area contributed by atoms with Gasteiger partial charge in [-0.3, -0.25) is 0 Å². The largest absolute Gasteiger partial charge is 0.355 e. The highest BCUT2D eigenvalue weighted by Gasteiger charge is 2.11. The highest BCUT2D eigenvalue weighted by molar-refractivity contribution is 6.29. The molecule has 1 aromatic rings. The van der Waals surface area contributed by atoms with E-state index in [-0.39, 0.29) is 0 Å². The molecule has 0 aromatic carbocycles. The summed E-state index contributed by atoms with van der Waals surface area (Å²) in [6.45, 7) is 5.95. The van der Waals surface area contributed by atoms with Crippen LogP contribution in [-0.2, 0) is 0 Å². The van der Waals surface area contributed by atoms with E-state index < -0.39 is 0 Å². The number of hydrogen-bond donors (Lipinski definition) is 1. The summed E-state index contributed by atoms with van der Waals surface area (Å²) in [5, 5.41) is 3.88. The molecule has 1 fully saturated rings. The minimum absolute atomic E-state index is 0.523. The summed E-state index contributed by atoms with van der Waals surface area (Å²) >= 11 is 5.92. The van der Waals surface area contributed by atoms with Crippen LogP contribution in [-0.4, -0.2) is 36.1 Å². The molecule has 0 saturated carbocycles. The maximum Gasteiger partial charge on any atom is 0.134 e. The summed E-state index contributed by atoms with van der Waals surface area (Å²) in [6, 6.07) is 1.83. The number of rotatable bonds is 1. The van der Waals surface area contributed by atoms with Gasteiger partial charge < -0.3 is 10.2 Å². The molecule has 0 atom stereocenters. The maximum absolute atomic E-state index is 5.92. The zero-order valence-electron chi connectivity index (χ0n) is 8.83. The van der Waals surface area contributed by atoms with E-state index in [0.29, 0.717) is 5.15 Å². The normalized spacial score (nSPS) is 17.6. The molecule has 0 spiro atoms. The molecule has 1 N–H and O–H groups in total. The van der Waals surface area contributed by atoms with Gasteiger partial charge in [0.25, 0.3) is 0 Å². The van der Waals surface area contributed by atoms with Crippen molar-refractivity contribution in [2.45, 2.75) is 13.3 Å². The van der Waals surface area contributed by atoms with Crippen molar-refractivity contribution >= 4 is 17.4 Å². The highest BCUT2D eigenvalue weighted by atomic mass is 35.5. The molecule has 1 aromatic heterocycles. The van der Waals surface area contributed by atoms with Gasteiger partial charge >= 0.3 is 0 Å². The number of nitrogens with zero attached hydrogens (tertiary/aromatic N) is 3. The Kier molecular flexibility index (Phi) is 3.38. The van der Waals surface area contributed by atoms with Crippen LogP contribution in [0.4, 0.5) is 5.82 Å². The van der Waals surface area contributed by atoms with Crippen molar-refractivity contribution in [1.29, 1.82) is 0 Å². The first kappa shape index (κ1) is 10.6. The second-order valence-electron chi connectivity index (χ2n) is 3.69. The number of aryl methyl sites for hydroxylation is 1. The first-order chi connectivity index (χ1) is 7.25. The van der Waals surface area contributed by atoms with Crippen LogP contribution in [0.2, 0.25) is 5.15 Å². The second kappa shape index (κ2) is 4.77. The molecule has 0 unspecified atom stereocenters. The van der Waals surface area contributed by atoms with Gasteiger partial charge in [-0.2, -0.15) is 0 Å². The van der Waals surface area contributed by atoms with Crippen LogP contribution in [0.3, 0.4) is 0 Å². The quantitative estimate of drug-likeness (QED) is 0.732. The Morgan fingerprint density at radius 1 is 1.33 bits per heavy atom. The molecule has 4 nitrogen and oxygen atoms in total. The minimum Gasteiger partial charge on any atom is -0.355 e. The summed E-state index contributed by atoms with van der Waals surface area (Å²) in [4.78, 5) is 10.7. The lowest BCUT2D eigenvalue weighted by atomic mass is 10.4. The highest BCUT2D eigenvalue weighted by Crippen LogP contribution is 2.16. The third-order valence-electron chi connectivity index (χ3n) is 2.46. The van der Waals surface area contributed by atoms with Crippen LogP contribution >= 0.6 is 11.6 Å². The van der Waals surface area contributed by atoms with Gasteiger partial charge in [0.15, 0.2) is 0 Å². The van der Waals surface area contributed by atoms with Crippen LogP contribution < -0.4 is 10.2 Å². The van der Waals surface area contributed by atoms with E-state index in [1.165, 1.54) is 0 Å². The molecule has 1 saturated heterocycles. The van der Waals surface area contributed by atoms with Crippen molar-refractivity contribution in [2.24, 2.45) is 0 Å². The Morgan fingerprint density at radius 2 is 2.20 bits per heavy atom. The van der Waals surface area contributed by atoms with E-state index in [0.717, 1.165) is 44.2 Å². The van der Waals surface area contributed by atoms with Crippen molar-refractivity contribution < 1.29 is 0 Å². The van der Waals surface area contributed by atoms with Gasteiger partial charge in [0.1, 0.15) is 16.8 Å². The predicted molar refractivity (Wildman–Crippen MR) is 61.5 cm³/mol. The van der Waals surface area contributed by atoms with Crippen LogP contribution in [0.15, 0.2) is 6.07 Å². The molecular formula is C10H15ClN4. The molecule has 1 aliphatic rings. The first-order valence-electron chi connectivity index (χ1n) is 5.22. The van der Waals surface area contributed by atoms with E-state index in [2.05, 4.69) is 20.2 Å². The average Bonchev–Trinajstić information content (AvgIpc) is 2.43. The number of hydrogen-bond acceptors (Lipinski definition) is 4. The molecule has 0 bridgehead atoms. The molecule has 0 radical (unpaired) electrons. The van der Waals surface area contributed by atoms with Gasteiger partial charge in [0, 0.05) is 25.7 Å². The zero-order valence-corrected chi connectivity index (χ0v) is 9.59. The molecule has 0 amide bonds. The Morgan fingerprint density at radius 3 is 3.00 bits per heavy atom. The fourth-order valence-electron chi connectivity index (χ4n) is 1.75. The Bertz CT molecular complexity index is 314. The topological polar surface area (TPSA) is 41.1 Å². The fourth-order valence-corrected chi connectivity index (χ4v) is 1.97. The van der Waals surface area contributed by atoms with Crippen LogP contribution in [0.1, 0.15) is 12.2 Å². The van der Waals surface area contributed by atoms with Crippen molar-refractivity contribution in [3.63, 3.8) is 0 Å². The van der Waals surface area contributed by atoms with Gasteiger partial charge in [0.2, 0.25) is 0 Å². The lowest BCUT2D eigenvalue weighted by Crippen LogP contribution is -2.28. The van der Waals surface area contributed by atoms with Gasteiger partial charge in [0.05, 0.1) is 0 Å². The molecular weight excluding hydrogens is 212 g/mol. The third kappa shape index (κ3) is 2.79. The predicted octanol–water partition coefficient (Wildman–Crippen LogP) is 1.24. The Hall–Kier alpha value is -0.870. The molecule has 1 aliphatic heterocycles. The first-order valence-corrected chi connectivity index (χ1v) is 5.60. The number of nitrogens with one attached hydrogen (secondary N) is 1. The molecule has 2 rings (SSSR count). The van der Waals surface area contributed by atoms with Crippen LogP contribution in [0, 0.1) is 6.92 Å². The lowest BCUT2D eigenvalue weighted by Gasteiger charge is -2.21. The van der Waals surface area contributed by atoms with Gasteiger partial charge in [-0.1, -0.05) is 11.6 Å². The molecule has 5 heteroatoms. The Balaban J connectivity index is 2.19. The maximum atomic E-state index is 5.92. The zero-order chi connectivity index (χ0) is 10.7. The summed E-state index contributed by atoms with van der Waals surface area (Å²) in [7, 11) is 0. The Labute approximate surface area is 94.7 Å². The van der Waals surface area contributed by atoms with E-state index in [1.54, 1.807) is 0 Å². The van der Waals surface area contributed by atoms with E-state index >= 15 is 0 Å². The van der Waals surface area contributed by atoms with E-state index in [9.17, 15) is 0 Å². The molecule has 0 aliphatic carbocycles. The SMILES string of the molecule is Cc1nc(Cl)cc(N2CCCNCC2)n1. The van der Waals surface area contributed by atoms with Crippen molar-refractivity contribution in [2.75, 3.05) is 31.1 Å². The van der Waals surface area contributed by atoms with E-state index in [4.69, 9.17) is 11.6 Å². The van der Waals surface area contributed by atoms with Gasteiger partial charge in [-0.25, -0.2) is 9.97 Å². The molecule has 2 heterocycles. The van der Waals surface area contributed by atoms with Crippen molar-refractivity contribution in [3.05, 3.63) is 17.0 Å². The summed E-state index contributed by atoms with van der Waals surface area (Å²) < 4.78 is 0. The number of halogens is 1. The molecule has 82 valence electrons. The van der Waals surface area contributed by atoms with Crippen LogP contribution in [0.5, 0.6) is 0 Å². The van der Waals surface area contributed by atoms with E-state index in [1.807, 2.05) is 13.0 Å². The number of anilines is 1. The van der Waals surface area contributed by atoms with Crippen molar-refractivity contribution in [1.82, 2.24) is 15.3 Å². The standard InChI is InChI=1S/C10H15ClN4/c1-8-13-9(11)7-10(14-8)15-5-2-3-12-4-6-15/h7,12H,2-6H2,1H3. The average molecular weight is 227 g/mol. The van der Waals surface area contributed by atoms with Crippen LogP contribution in [0.25, 0.3) is 0 Å². The third-order valence-corrected chi connectivity index (χ3v) is 2.65. The second-order valence-corrected chi connectivity index (χ2v) is 4.07. The summed E-state index contributed by atoms with van der Waals surface area (Å²) in [5.41, 5.74) is 0. The smallest absolute Gasteiger partial charge is 0.134 e. The van der Waals surface area contributed by atoms with Crippen molar-refractivity contribution in [3.8, 4) is 0 Å². The fraction of sp³-hybridized carbons (Fsp3) is 0.600. The summed E-state index contributed by atoms with van der Waals surface area (Å²) in [6.07, 6.45) is 1.14. The number of aromatic nitrogens is 2. The van der Waals surface area contributed by atoms with Gasteiger partial charge in [-0.05, 0) is 19.9 Å². The summed E-state index contributed by atoms with van der Waals surface area (Å²) in [5.74, 6) is 1.67. The minimum atomic E-state index is 0.523. The lowest BCUT2D eigenvalue weighted by molar-refractivity contribution is 0.724. The molecule has 15 heavy (non-hydrogen) atoms. The van der Waals surface area contributed by atoms with Gasteiger partial charge in [-0.15, -0.1) is 0 Å². The monoisotopic (exact) mass is 226 g/mol.